The first-order chi connectivity index (χ1) is 13.3. The van der Waals surface area contributed by atoms with E-state index < -0.39 is 10.0 Å². The van der Waals surface area contributed by atoms with Gasteiger partial charge in [0.1, 0.15) is 5.75 Å². The highest BCUT2D eigenvalue weighted by molar-refractivity contribution is 7.92. The average Bonchev–Trinajstić information content (AvgIpc) is 2.69. The van der Waals surface area contributed by atoms with Crippen LogP contribution in [0.25, 0.3) is 0 Å². The first kappa shape index (κ1) is 20.0. The molecule has 4 nitrogen and oxygen atoms in total. The largest absolute Gasteiger partial charge is 0.497 e. The second-order valence-electron chi connectivity index (χ2n) is 6.90. The lowest BCUT2D eigenvalue weighted by Gasteiger charge is -2.31. The van der Waals surface area contributed by atoms with Gasteiger partial charge in [0, 0.05) is 0 Å². The van der Waals surface area contributed by atoms with Crippen molar-refractivity contribution in [2.45, 2.75) is 31.7 Å². The summed E-state index contributed by atoms with van der Waals surface area (Å²) in [5, 5.41) is 0. The van der Waals surface area contributed by atoms with Crippen LogP contribution in [0.3, 0.4) is 0 Å². The maximum atomic E-state index is 13.6. The molecule has 0 saturated heterocycles. The van der Waals surface area contributed by atoms with E-state index in [0.29, 0.717) is 11.4 Å². The molecule has 0 spiro atoms. The van der Waals surface area contributed by atoms with Gasteiger partial charge < -0.3 is 4.74 Å². The van der Waals surface area contributed by atoms with Gasteiger partial charge in [-0.05, 0) is 62.7 Å². The molecular weight excluding hydrogens is 370 g/mol. The molecule has 0 bridgehead atoms. The van der Waals surface area contributed by atoms with Crippen molar-refractivity contribution < 1.29 is 13.2 Å². The Bertz CT molecular complexity index is 1020. The second-order valence-corrected chi connectivity index (χ2v) is 8.71. The zero-order valence-electron chi connectivity index (χ0n) is 16.6. The third-order valence-electron chi connectivity index (χ3n) is 4.82. The van der Waals surface area contributed by atoms with Crippen LogP contribution in [-0.2, 0) is 10.0 Å². The van der Waals surface area contributed by atoms with Gasteiger partial charge in [-0.15, -0.1) is 0 Å². The Balaban J connectivity index is 2.12. The minimum Gasteiger partial charge on any atom is -0.497 e. The summed E-state index contributed by atoms with van der Waals surface area (Å²) in [4.78, 5) is 0.271. The fourth-order valence-electron chi connectivity index (χ4n) is 3.10. The Hall–Kier alpha value is -2.79. The van der Waals surface area contributed by atoms with E-state index in [1.165, 1.54) is 4.31 Å². The molecule has 0 aliphatic rings. The molecule has 0 amide bonds. The molecule has 3 aromatic carbocycles. The van der Waals surface area contributed by atoms with Gasteiger partial charge in [0.25, 0.3) is 10.0 Å². The number of sulfonamides is 1. The normalized spacial score (nSPS) is 12.4. The molecule has 0 radical (unpaired) electrons. The molecule has 0 N–H and O–H groups in total. The summed E-state index contributed by atoms with van der Waals surface area (Å²) in [5.74, 6) is 0.680. The van der Waals surface area contributed by atoms with E-state index in [1.807, 2.05) is 57.2 Å². The number of methoxy groups -OCH3 is 1. The Morgan fingerprint density at radius 1 is 0.786 bits per heavy atom. The van der Waals surface area contributed by atoms with Crippen LogP contribution in [0.4, 0.5) is 5.69 Å². The Morgan fingerprint density at radius 3 is 1.79 bits per heavy atom. The minimum atomic E-state index is -3.76. The molecule has 0 saturated carbocycles. The fraction of sp³-hybridized carbons (Fsp3) is 0.217. The third-order valence-corrected chi connectivity index (χ3v) is 6.73. The molecule has 146 valence electrons. The predicted octanol–water partition coefficient (Wildman–Crippen LogP) is 5.27. The number of hydrogen-bond donors (Lipinski definition) is 0. The highest BCUT2D eigenvalue weighted by Crippen LogP contribution is 2.34. The smallest absolute Gasteiger partial charge is 0.264 e. The summed E-state index contributed by atoms with van der Waals surface area (Å²) in [6.45, 7) is 5.85. The molecule has 0 unspecified atom stereocenters. The molecule has 1 atom stereocenters. The molecule has 0 aliphatic heterocycles. The van der Waals surface area contributed by atoms with Gasteiger partial charge in [-0.3, -0.25) is 4.31 Å². The SMILES string of the molecule is COc1ccc(N([C@@H](C)c2ccc(C)cc2)S(=O)(=O)c2ccc(C)cc2)cc1. The van der Waals surface area contributed by atoms with Gasteiger partial charge in [-0.1, -0.05) is 47.5 Å². The average molecular weight is 396 g/mol. The quantitative estimate of drug-likeness (QED) is 0.571. The lowest BCUT2D eigenvalue weighted by Crippen LogP contribution is -2.33. The topological polar surface area (TPSA) is 46.6 Å². The number of aryl methyl sites for hydroxylation is 2. The van der Waals surface area contributed by atoms with E-state index >= 15 is 0 Å². The van der Waals surface area contributed by atoms with Crippen molar-refractivity contribution in [2.75, 3.05) is 11.4 Å². The summed E-state index contributed by atoms with van der Waals surface area (Å²) in [5.41, 5.74) is 3.67. The lowest BCUT2D eigenvalue weighted by molar-refractivity contribution is 0.415. The van der Waals surface area contributed by atoms with Gasteiger partial charge in [0.05, 0.1) is 23.7 Å². The summed E-state index contributed by atoms with van der Waals surface area (Å²) < 4.78 is 33.8. The second kappa shape index (κ2) is 8.07. The van der Waals surface area contributed by atoms with Crippen LogP contribution in [0.1, 0.15) is 29.7 Å². The Morgan fingerprint density at radius 2 is 1.29 bits per heavy atom. The highest BCUT2D eigenvalue weighted by atomic mass is 32.2. The van der Waals surface area contributed by atoms with E-state index in [1.54, 1.807) is 43.5 Å². The van der Waals surface area contributed by atoms with Crippen LogP contribution in [0.2, 0.25) is 0 Å². The van der Waals surface area contributed by atoms with E-state index in [4.69, 9.17) is 4.74 Å². The van der Waals surface area contributed by atoms with Crippen molar-refractivity contribution in [2.24, 2.45) is 0 Å². The van der Waals surface area contributed by atoms with Crippen molar-refractivity contribution in [1.29, 1.82) is 0 Å². The maximum Gasteiger partial charge on any atom is 0.264 e. The van der Waals surface area contributed by atoms with Gasteiger partial charge in [0.2, 0.25) is 0 Å². The predicted molar refractivity (Wildman–Crippen MR) is 113 cm³/mol. The summed E-state index contributed by atoms with van der Waals surface area (Å²) >= 11 is 0. The zero-order chi connectivity index (χ0) is 20.3. The zero-order valence-corrected chi connectivity index (χ0v) is 17.4. The molecule has 0 fully saturated rings. The molecule has 28 heavy (non-hydrogen) atoms. The van der Waals surface area contributed by atoms with Crippen molar-refractivity contribution in [3.63, 3.8) is 0 Å². The first-order valence-electron chi connectivity index (χ1n) is 9.14. The summed E-state index contributed by atoms with van der Waals surface area (Å²) in [7, 11) is -2.17. The highest BCUT2D eigenvalue weighted by Gasteiger charge is 2.30. The lowest BCUT2D eigenvalue weighted by atomic mass is 10.1. The van der Waals surface area contributed by atoms with Crippen molar-refractivity contribution in [3.05, 3.63) is 89.5 Å². The van der Waals surface area contributed by atoms with Gasteiger partial charge in [0.15, 0.2) is 0 Å². The summed E-state index contributed by atoms with van der Waals surface area (Å²) in [6, 6.07) is 21.6. The van der Waals surface area contributed by atoms with Crippen LogP contribution in [0, 0.1) is 13.8 Å². The molecule has 3 aromatic rings. The fourth-order valence-corrected chi connectivity index (χ4v) is 4.75. The number of anilines is 1. The number of ether oxygens (including phenoxy) is 1. The third kappa shape index (κ3) is 4.04. The Kier molecular flexibility index (Phi) is 5.75. The molecule has 0 aromatic heterocycles. The van der Waals surface area contributed by atoms with E-state index in [9.17, 15) is 8.42 Å². The van der Waals surface area contributed by atoms with Gasteiger partial charge in [-0.2, -0.15) is 0 Å². The Labute approximate surface area is 167 Å². The van der Waals surface area contributed by atoms with Gasteiger partial charge in [-0.25, -0.2) is 8.42 Å². The van der Waals surface area contributed by atoms with Crippen LogP contribution < -0.4 is 9.04 Å². The molecular formula is C23H25NO3S. The molecule has 5 heteroatoms. The molecule has 3 rings (SSSR count). The first-order valence-corrected chi connectivity index (χ1v) is 10.6. The van der Waals surface area contributed by atoms with Crippen LogP contribution in [-0.4, -0.2) is 15.5 Å². The number of hydrogen-bond acceptors (Lipinski definition) is 3. The van der Waals surface area contributed by atoms with Crippen molar-refractivity contribution in [1.82, 2.24) is 0 Å². The van der Waals surface area contributed by atoms with Gasteiger partial charge >= 0.3 is 0 Å². The summed E-state index contributed by atoms with van der Waals surface area (Å²) in [6.07, 6.45) is 0. The molecule has 0 heterocycles. The van der Waals surface area contributed by atoms with Crippen LogP contribution in [0.15, 0.2) is 77.7 Å². The molecule has 0 aliphatic carbocycles. The number of benzene rings is 3. The minimum absolute atomic E-state index is 0.271. The standard InChI is InChI=1S/C23H25NO3S/c1-17-5-9-20(10-6-17)19(3)24(21-11-13-22(27-4)14-12-21)28(25,26)23-15-7-18(2)8-16-23/h5-16,19H,1-4H3/t19-/m0/s1. The van der Waals surface area contributed by atoms with E-state index in [2.05, 4.69) is 0 Å². The maximum absolute atomic E-state index is 13.6. The van der Waals surface area contributed by atoms with Crippen LogP contribution in [0.5, 0.6) is 5.75 Å². The van der Waals surface area contributed by atoms with Crippen molar-refractivity contribution >= 4 is 15.7 Å². The van der Waals surface area contributed by atoms with Crippen molar-refractivity contribution in [3.8, 4) is 5.75 Å². The van der Waals surface area contributed by atoms with E-state index in [0.717, 1.165) is 16.7 Å². The number of nitrogens with zero attached hydrogens (tertiary/aromatic N) is 1. The van der Waals surface area contributed by atoms with E-state index in [-0.39, 0.29) is 10.9 Å². The monoisotopic (exact) mass is 395 g/mol. The van der Waals surface area contributed by atoms with Crippen LogP contribution >= 0.6 is 0 Å². The number of rotatable bonds is 6.